The van der Waals surface area contributed by atoms with Gasteiger partial charge in [0.05, 0.1) is 11.4 Å². The zero-order valence-electron chi connectivity index (χ0n) is 25.2. The Bertz CT molecular complexity index is 1630. The predicted octanol–water partition coefficient (Wildman–Crippen LogP) is 12.0. The van der Waals surface area contributed by atoms with Crippen molar-refractivity contribution in [3.63, 3.8) is 0 Å². The van der Waals surface area contributed by atoms with E-state index in [2.05, 4.69) is 142 Å². The second kappa shape index (κ2) is 10.6. The van der Waals surface area contributed by atoms with Crippen molar-refractivity contribution in [2.45, 2.75) is 52.4 Å². The van der Waals surface area contributed by atoms with E-state index in [1.165, 1.54) is 11.1 Å². The smallest absolute Gasteiger partial charge is 0.151 e. The summed E-state index contributed by atoms with van der Waals surface area (Å²) in [6.45, 7) is 13.4. The number of benzene rings is 5. The Hall–Kier alpha value is -4.21. The van der Waals surface area contributed by atoms with Crippen molar-refractivity contribution in [3.05, 3.63) is 131 Å². The molecule has 0 saturated heterocycles. The lowest BCUT2D eigenvalue weighted by Gasteiger charge is -2.36. The average Bonchev–Trinajstić information content (AvgIpc) is 2.95. The monoisotopic (exact) mass is 572 g/mol. The molecule has 0 aliphatic carbocycles. The molecule has 1 aliphatic heterocycles. The summed E-state index contributed by atoms with van der Waals surface area (Å²) in [5.41, 5.74) is 8.46. The largest absolute Gasteiger partial charge is 0.453 e. The minimum atomic E-state index is -0.00809. The lowest BCUT2D eigenvalue weighted by Crippen LogP contribution is -2.19. The summed E-state index contributed by atoms with van der Waals surface area (Å²) in [5.74, 6) is 1.68. The SMILES string of the molecule is CC(C)(C)c1ccc2c(c1)Oc1cc(C(C)(C)C)ccc1N2c1cc(Cl)cc(N(c2ccccc2)c2ccccc2)c1. The summed E-state index contributed by atoms with van der Waals surface area (Å²) >= 11 is 6.93. The zero-order chi connectivity index (χ0) is 29.6. The molecule has 5 aromatic rings. The van der Waals surface area contributed by atoms with Gasteiger partial charge in [-0.3, -0.25) is 0 Å². The van der Waals surface area contributed by atoms with Crippen molar-refractivity contribution < 1.29 is 4.74 Å². The van der Waals surface area contributed by atoms with Crippen LogP contribution in [-0.4, -0.2) is 0 Å². The van der Waals surface area contributed by atoms with Crippen molar-refractivity contribution in [1.82, 2.24) is 0 Å². The maximum atomic E-state index is 6.93. The lowest BCUT2D eigenvalue weighted by molar-refractivity contribution is 0.469. The fraction of sp³-hybridized carbons (Fsp3) is 0.211. The molecule has 1 aliphatic rings. The van der Waals surface area contributed by atoms with E-state index >= 15 is 0 Å². The van der Waals surface area contributed by atoms with Gasteiger partial charge in [-0.2, -0.15) is 0 Å². The van der Waals surface area contributed by atoms with Gasteiger partial charge in [0.25, 0.3) is 0 Å². The number of rotatable bonds is 4. The molecule has 212 valence electrons. The number of ether oxygens (including phenoxy) is 1. The molecular weight excluding hydrogens is 536 g/mol. The van der Waals surface area contributed by atoms with Gasteiger partial charge < -0.3 is 14.5 Å². The molecule has 0 aromatic heterocycles. The average molecular weight is 573 g/mol. The Morgan fingerprint density at radius 2 is 1.02 bits per heavy atom. The summed E-state index contributed by atoms with van der Waals surface area (Å²) in [4.78, 5) is 4.51. The number of fused-ring (bicyclic) bond motifs is 2. The highest BCUT2D eigenvalue weighted by Gasteiger charge is 2.30. The number of hydrogen-bond acceptors (Lipinski definition) is 3. The van der Waals surface area contributed by atoms with E-state index in [1.54, 1.807) is 0 Å². The van der Waals surface area contributed by atoms with E-state index in [9.17, 15) is 0 Å². The second-order valence-corrected chi connectivity index (χ2v) is 13.4. The molecule has 0 bridgehead atoms. The minimum absolute atomic E-state index is 0.00809. The normalized spacial score (nSPS) is 12.8. The zero-order valence-corrected chi connectivity index (χ0v) is 25.9. The van der Waals surface area contributed by atoms with E-state index in [1.807, 2.05) is 24.3 Å². The maximum absolute atomic E-state index is 6.93. The van der Waals surface area contributed by atoms with E-state index < -0.39 is 0 Å². The number of hydrogen-bond donors (Lipinski definition) is 0. The van der Waals surface area contributed by atoms with E-state index in [0.717, 1.165) is 45.6 Å². The number of nitrogens with zero attached hydrogens (tertiary/aromatic N) is 2. The molecular formula is C38H37ClN2O. The van der Waals surface area contributed by atoms with Gasteiger partial charge >= 0.3 is 0 Å². The molecule has 5 aromatic carbocycles. The third-order valence-corrected chi connectivity index (χ3v) is 7.98. The van der Waals surface area contributed by atoms with Crippen LogP contribution in [0.3, 0.4) is 0 Å². The summed E-state index contributed by atoms with van der Waals surface area (Å²) in [6.07, 6.45) is 0. The molecule has 42 heavy (non-hydrogen) atoms. The van der Waals surface area contributed by atoms with E-state index in [0.29, 0.717) is 5.02 Å². The highest BCUT2D eigenvalue weighted by molar-refractivity contribution is 6.31. The van der Waals surface area contributed by atoms with Crippen molar-refractivity contribution >= 4 is 45.7 Å². The molecule has 1 heterocycles. The molecule has 0 radical (unpaired) electrons. The van der Waals surface area contributed by atoms with Crippen LogP contribution < -0.4 is 14.5 Å². The quantitative estimate of drug-likeness (QED) is 0.209. The van der Waals surface area contributed by atoms with E-state index in [4.69, 9.17) is 16.3 Å². The van der Waals surface area contributed by atoms with Gasteiger partial charge in [-0.15, -0.1) is 0 Å². The van der Waals surface area contributed by atoms with E-state index in [-0.39, 0.29) is 10.8 Å². The molecule has 0 saturated carbocycles. The molecule has 4 heteroatoms. The Balaban J connectivity index is 1.56. The van der Waals surface area contributed by atoms with Gasteiger partial charge in [0.1, 0.15) is 0 Å². The topological polar surface area (TPSA) is 15.7 Å². The Morgan fingerprint density at radius 3 is 1.48 bits per heavy atom. The molecule has 0 spiro atoms. The van der Waals surface area contributed by atoms with Crippen molar-refractivity contribution in [2.24, 2.45) is 0 Å². The first-order valence-corrected chi connectivity index (χ1v) is 14.8. The van der Waals surface area contributed by atoms with Gasteiger partial charge in [-0.25, -0.2) is 0 Å². The highest BCUT2D eigenvalue weighted by atomic mass is 35.5. The van der Waals surface area contributed by atoms with Gasteiger partial charge in [0.15, 0.2) is 11.5 Å². The fourth-order valence-corrected chi connectivity index (χ4v) is 5.66. The number of anilines is 6. The standard InChI is InChI=1S/C38H37ClN2O/c1-37(2,3)26-17-19-33-35(21-26)42-36-22-27(38(4,5)6)18-20-34(36)41(33)32-24-28(39)23-31(25-32)40(29-13-9-7-10-14-29)30-15-11-8-12-16-30/h7-25H,1-6H3. The minimum Gasteiger partial charge on any atom is -0.453 e. The first-order valence-electron chi connectivity index (χ1n) is 14.5. The first-order chi connectivity index (χ1) is 20.0. The lowest BCUT2D eigenvalue weighted by atomic mass is 9.86. The van der Waals surface area contributed by atoms with Crippen LogP contribution in [0, 0.1) is 0 Å². The van der Waals surface area contributed by atoms with Gasteiger partial charge in [-0.05, 0) is 88.7 Å². The second-order valence-electron chi connectivity index (χ2n) is 13.0. The fourth-order valence-electron chi connectivity index (χ4n) is 5.44. The van der Waals surface area contributed by atoms with Crippen LogP contribution in [0.4, 0.5) is 34.1 Å². The predicted molar refractivity (Wildman–Crippen MR) is 178 cm³/mol. The molecule has 3 nitrogen and oxygen atoms in total. The maximum Gasteiger partial charge on any atom is 0.151 e. The van der Waals surface area contributed by atoms with Gasteiger partial charge in [-0.1, -0.05) is 102 Å². The molecule has 6 rings (SSSR count). The summed E-state index contributed by atoms with van der Waals surface area (Å²) < 4.78 is 6.66. The van der Waals surface area contributed by atoms with Crippen LogP contribution in [0.2, 0.25) is 5.02 Å². The summed E-state index contributed by atoms with van der Waals surface area (Å²) in [7, 11) is 0. The van der Waals surface area contributed by atoms with Gasteiger partial charge in [0, 0.05) is 27.8 Å². The molecule has 0 atom stereocenters. The Kier molecular flexibility index (Phi) is 7.03. The molecule has 0 N–H and O–H groups in total. The van der Waals surface area contributed by atoms with Gasteiger partial charge in [0.2, 0.25) is 0 Å². The van der Waals surface area contributed by atoms with Crippen molar-refractivity contribution in [1.29, 1.82) is 0 Å². The van der Waals surface area contributed by atoms with Crippen LogP contribution in [-0.2, 0) is 10.8 Å². The Labute approximate surface area is 255 Å². The molecule has 0 unspecified atom stereocenters. The molecule has 0 amide bonds. The van der Waals surface area contributed by atoms with Crippen LogP contribution in [0.1, 0.15) is 52.7 Å². The van der Waals surface area contributed by atoms with Crippen LogP contribution in [0.25, 0.3) is 0 Å². The van der Waals surface area contributed by atoms with Crippen LogP contribution in [0.5, 0.6) is 11.5 Å². The van der Waals surface area contributed by atoms with Crippen molar-refractivity contribution in [3.8, 4) is 11.5 Å². The highest BCUT2D eigenvalue weighted by Crippen LogP contribution is 2.53. The Morgan fingerprint density at radius 1 is 0.548 bits per heavy atom. The van der Waals surface area contributed by atoms with Crippen LogP contribution in [0.15, 0.2) is 115 Å². The number of para-hydroxylation sites is 2. The third kappa shape index (κ3) is 5.37. The first kappa shape index (κ1) is 27.9. The van der Waals surface area contributed by atoms with Crippen molar-refractivity contribution in [2.75, 3.05) is 9.80 Å². The summed E-state index contributed by atoms with van der Waals surface area (Å²) in [6, 6.07) is 40.2. The third-order valence-electron chi connectivity index (χ3n) is 7.77. The summed E-state index contributed by atoms with van der Waals surface area (Å²) in [5, 5.41) is 0.659. The van der Waals surface area contributed by atoms with Crippen LogP contribution >= 0.6 is 11.6 Å². The number of halogens is 1. The molecule has 0 fully saturated rings.